The van der Waals surface area contributed by atoms with Gasteiger partial charge in [-0.25, -0.2) is 18.6 Å². The van der Waals surface area contributed by atoms with Crippen LogP contribution in [0.1, 0.15) is 24.3 Å². The van der Waals surface area contributed by atoms with Crippen LogP contribution < -0.4 is 5.73 Å². The highest BCUT2D eigenvalue weighted by molar-refractivity contribution is 6.37. The summed E-state index contributed by atoms with van der Waals surface area (Å²) in [6.45, 7) is 4.05. The fourth-order valence-corrected chi connectivity index (χ4v) is 4.00. The molecule has 0 aliphatic rings. The molecule has 3 rings (SSSR count). The third kappa shape index (κ3) is 3.30. The SMILES string of the molecule is COC(=O)c1nc(-c2ccc3ccn([Si]C(C)C)c3c2F)c(F)c(N)c1Cl. The first-order valence-electron chi connectivity index (χ1n) is 8.05. The molecule has 0 unspecified atom stereocenters. The minimum atomic E-state index is -0.990. The van der Waals surface area contributed by atoms with E-state index in [2.05, 4.69) is 9.72 Å². The normalized spacial score (nSPS) is 11.4. The number of hydrogen-bond donors (Lipinski definition) is 1. The van der Waals surface area contributed by atoms with E-state index in [0.717, 1.165) is 7.11 Å². The van der Waals surface area contributed by atoms with Crippen LogP contribution in [0.5, 0.6) is 0 Å². The van der Waals surface area contributed by atoms with Crippen LogP contribution in [0.15, 0.2) is 24.4 Å². The zero-order chi connectivity index (χ0) is 19.9. The maximum absolute atomic E-state index is 15.3. The predicted molar refractivity (Wildman–Crippen MR) is 102 cm³/mol. The Morgan fingerprint density at radius 1 is 1.30 bits per heavy atom. The lowest BCUT2D eigenvalue weighted by Crippen LogP contribution is -2.11. The Bertz CT molecular complexity index is 1050. The van der Waals surface area contributed by atoms with E-state index in [1.54, 1.807) is 22.6 Å². The summed E-state index contributed by atoms with van der Waals surface area (Å²) in [5.41, 5.74) is 4.97. The number of esters is 1. The number of methoxy groups -OCH3 is 1. The molecule has 0 aliphatic carbocycles. The third-order valence-corrected chi connectivity index (χ3v) is 5.48. The van der Waals surface area contributed by atoms with Gasteiger partial charge in [0, 0.05) is 10.9 Å². The summed E-state index contributed by atoms with van der Waals surface area (Å²) in [7, 11) is 1.45. The van der Waals surface area contributed by atoms with Crippen molar-refractivity contribution in [1.29, 1.82) is 0 Å². The standard InChI is InChI=1S/C18H16ClF2N3O2Si/c1-8(2)27-24-7-6-9-4-5-10(12(20)17(9)24)15-13(21)14(22)11(19)16(23-15)18(25)26-3/h4-8H,1-3H3,(H2,22,23). The average molecular weight is 408 g/mol. The van der Waals surface area contributed by atoms with E-state index in [1.807, 2.05) is 13.8 Å². The van der Waals surface area contributed by atoms with Gasteiger partial charge < -0.3 is 14.7 Å². The number of anilines is 1. The monoisotopic (exact) mass is 407 g/mol. The van der Waals surface area contributed by atoms with Gasteiger partial charge >= 0.3 is 5.97 Å². The van der Waals surface area contributed by atoms with E-state index < -0.39 is 29.0 Å². The largest absolute Gasteiger partial charge is 0.464 e. The molecule has 0 saturated carbocycles. The molecule has 5 nitrogen and oxygen atoms in total. The number of carbonyl (C=O) groups excluding carboxylic acids is 1. The molecule has 1 aromatic carbocycles. The molecule has 0 fully saturated rings. The summed E-state index contributed by atoms with van der Waals surface area (Å²) in [6, 6.07) is 4.86. The average Bonchev–Trinajstić information content (AvgIpc) is 3.03. The zero-order valence-electron chi connectivity index (χ0n) is 14.8. The molecule has 0 aliphatic heterocycles. The van der Waals surface area contributed by atoms with Crippen molar-refractivity contribution in [3.63, 3.8) is 0 Å². The fourth-order valence-electron chi connectivity index (χ4n) is 2.73. The Balaban J connectivity index is 2.28. The van der Waals surface area contributed by atoms with Crippen LogP contribution >= 0.6 is 11.6 Å². The molecule has 0 amide bonds. The van der Waals surface area contributed by atoms with E-state index >= 15 is 4.39 Å². The van der Waals surface area contributed by atoms with Crippen LogP contribution in [0.3, 0.4) is 0 Å². The van der Waals surface area contributed by atoms with Crippen molar-refractivity contribution in [3.8, 4) is 11.3 Å². The zero-order valence-corrected chi connectivity index (χ0v) is 16.6. The molecule has 27 heavy (non-hydrogen) atoms. The van der Waals surface area contributed by atoms with Crippen molar-refractivity contribution < 1.29 is 18.3 Å². The summed E-state index contributed by atoms with van der Waals surface area (Å²) in [4.78, 5) is 15.8. The number of carbonyl (C=O) groups is 1. The number of pyridine rings is 1. The van der Waals surface area contributed by atoms with Crippen LogP contribution in [-0.4, -0.2) is 32.0 Å². The molecule has 2 radical (unpaired) electrons. The lowest BCUT2D eigenvalue weighted by Gasteiger charge is -2.13. The number of aromatic nitrogens is 2. The van der Waals surface area contributed by atoms with Gasteiger partial charge in [-0.2, -0.15) is 0 Å². The molecule has 0 spiro atoms. The number of nitrogen functional groups attached to an aromatic ring is 1. The number of ether oxygens (including phenoxy) is 1. The molecular formula is C18H16ClF2N3O2Si. The fraction of sp³-hybridized carbons (Fsp3) is 0.222. The van der Waals surface area contributed by atoms with Gasteiger partial charge in [-0.15, -0.1) is 0 Å². The van der Waals surface area contributed by atoms with Crippen molar-refractivity contribution in [3.05, 3.63) is 46.7 Å². The first-order valence-corrected chi connectivity index (χ1v) is 9.45. The third-order valence-electron chi connectivity index (χ3n) is 3.93. The Morgan fingerprint density at radius 2 is 2.00 bits per heavy atom. The Labute approximate surface area is 162 Å². The second-order valence-electron chi connectivity index (χ2n) is 6.18. The van der Waals surface area contributed by atoms with Crippen LogP contribution in [0, 0.1) is 11.6 Å². The molecule has 3 aromatic rings. The number of nitrogens with zero attached hydrogens (tertiary/aromatic N) is 2. The molecule has 0 bridgehead atoms. The molecule has 2 aromatic heterocycles. The first-order chi connectivity index (χ1) is 12.8. The molecule has 2 heterocycles. The molecule has 2 N–H and O–H groups in total. The van der Waals surface area contributed by atoms with Gasteiger partial charge in [-0.1, -0.05) is 31.5 Å². The lowest BCUT2D eigenvalue weighted by molar-refractivity contribution is 0.0594. The second-order valence-corrected chi connectivity index (χ2v) is 8.45. The van der Waals surface area contributed by atoms with Gasteiger partial charge in [0.25, 0.3) is 0 Å². The van der Waals surface area contributed by atoms with Crippen molar-refractivity contribution in [2.45, 2.75) is 19.4 Å². The summed E-state index contributed by atoms with van der Waals surface area (Å²) >= 11 is 5.91. The van der Waals surface area contributed by atoms with Crippen molar-refractivity contribution in [2.24, 2.45) is 0 Å². The van der Waals surface area contributed by atoms with E-state index in [4.69, 9.17) is 17.3 Å². The smallest absolute Gasteiger partial charge is 0.358 e. The lowest BCUT2D eigenvalue weighted by atomic mass is 10.1. The van der Waals surface area contributed by atoms with Gasteiger partial charge in [0.05, 0.1) is 23.3 Å². The van der Waals surface area contributed by atoms with Gasteiger partial charge in [0.1, 0.15) is 5.69 Å². The number of halogens is 3. The number of nitrogens with two attached hydrogens (primary N) is 1. The minimum Gasteiger partial charge on any atom is -0.464 e. The highest BCUT2D eigenvalue weighted by Crippen LogP contribution is 2.35. The quantitative estimate of drug-likeness (QED) is 0.517. The summed E-state index contributed by atoms with van der Waals surface area (Å²) in [5, 5.41) is 0.314. The van der Waals surface area contributed by atoms with Crippen LogP contribution in [0.4, 0.5) is 14.5 Å². The number of benzene rings is 1. The maximum Gasteiger partial charge on any atom is 0.358 e. The first kappa shape index (κ1) is 19.3. The van der Waals surface area contributed by atoms with Gasteiger partial charge in [0.15, 0.2) is 27.0 Å². The number of hydrogen-bond acceptors (Lipinski definition) is 4. The van der Waals surface area contributed by atoms with Crippen LogP contribution in [0.25, 0.3) is 22.2 Å². The van der Waals surface area contributed by atoms with Crippen LogP contribution in [0.2, 0.25) is 10.6 Å². The Morgan fingerprint density at radius 3 is 2.63 bits per heavy atom. The van der Waals surface area contributed by atoms with Gasteiger partial charge in [-0.05, 0) is 23.9 Å². The number of rotatable bonds is 4. The highest BCUT2D eigenvalue weighted by atomic mass is 35.5. The highest BCUT2D eigenvalue weighted by Gasteiger charge is 2.25. The predicted octanol–water partition coefficient (Wildman–Crippen LogP) is 4.30. The molecule has 9 heteroatoms. The number of fused-ring (bicyclic) bond motifs is 1. The Hall–Kier alpha value is -2.45. The topological polar surface area (TPSA) is 70.1 Å². The Kier molecular flexibility index (Phi) is 5.21. The summed E-state index contributed by atoms with van der Waals surface area (Å²) in [5.74, 6) is -2.52. The van der Waals surface area contributed by atoms with E-state index in [9.17, 15) is 9.18 Å². The molecule has 140 valence electrons. The maximum atomic E-state index is 15.3. The van der Waals surface area contributed by atoms with Crippen molar-refractivity contribution >= 4 is 43.8 Å². The second kappa shape index (κ2) is 7.28. The van der Waals surface area contributed by atoms with E-state index in [-0.39, 0.29) is 16.3 Å². The van der Waals surface area contributed by atoms with E-state index in [1.165, 1.54) is 6.07 Å². The minimum absolute atomic E-state index is 0.109. The summed E-state index contributed by atoms with van der Waals surface area (Å²) in [6.07, 6.45) is 1.79. The molecule has 0 atom stereocenters. The van der Waals surface area contributed by atoms with Crippen molar-refractivity contribution in [2.75, 3.05) is 12.8 Å². The van der Waals surface area contributed by atoms with Gasteiger partial charge in [0.2, 0.25) is 0 Å². The summed E-state index contributed by atoms with van der Waals surface area (Å²) < 4.78 is 36.4. The molecule has 0 saturated heterocycles. The van der Waals surface area contributed by atoms with Crippen molar-refractivity contribution in [1.82, 2.24) is 9.22 Å². The van der Waals surface area contributed by atoms with E-state index in [0.29, 0.717) is 26.1 Å². The molecular weight excluding hydrogens is 392 g/mol. The van der Waals surface area contributed by atoms with Crippen LogP contribution in [-0.2, 0) is 4.74 Å². The van der Waals surface area contributed by atoms with Gasteiger partial charge in [-0.3, -0.25) is 0 Å².